The zero-order valence-corrected chi connectivity index (χ0v) is 15.6. The third kappa shape index (κ3) is 4.71. The third-order valence-electron chi connectivity index (χ3n) is 3.51. The normalized spacial score (nSPS) is 10.3. The second-order valence-electron chi connectivity index (χ2n) is 5.07. The molecule has 2 aromatic carbocycles. The first-order valence-corrected chi connectivity index (χ1v) is 8.13. The Balaban J connectivity index is 2.10. The largest absolute Gasteiger partial charge is 0.493 e. The van der Waals surface area contributed by atoms with Crippen LogP contribution in [0.2, 0.25) is 10.0 Å². The summed E-state index contributed by atoms with van der Waals surface area (Å²) in [5.74, 6) is 0.979. The first-order chi connectivity index (χ1) is 12.0. The second-order valence-corrected chi connectivity index (χ2v) is 5.89. The molecule has 0 aliphatic heterocycles. The highest BCUT2D eigenvalue weighted by atomic mass is 35.5. The van der Waals surface area contributed by atoms with Crippen LogP contribution < -0.4 is 14.2 Å². The van der Waals surface area contributed by atoms with E-state index in [0.717, 1.165) is 0 Å². The molecule has 25 heavy (non-hydrogen) atoms. The van der Waals surface area contributed by atoms with Crippen LogP contribution in [0.25, 0.3) is 0 Å². The van der Waals surface area contributed by atoms with Crippen LogP contribution in [0.3, 0.4) is 0 Å². The second kappa shape index (κ2) is 8.83. The van der Waals surface area contributed by atoms with Crippen molar-refractivity contribution in [3.05, 3.63) is 51.5 Å². The van der Waals surface area contributed by atoms with Crippen molar-refractivity contribution in [2.45, 2.75) is 13.0 Å². The molecule has 0 unspecified atom stereocenters. The van der Waals surface area contributed by atoms with Crippen molar-refractivity contribution in [1.29, 1.82) is 0 Å². The number of esters is 1. The van der Waals surface area contributed by atoms with Crippen molar-refractivity contribution >= 4 is 29.2 Å². The molecule has 5 nitrogen and oxygen atoms in total. The summed E-state index contributed by atoms with van der Waals surface area (Å²) in [6, 6.07) is 8.51. The van der Waals surface area contributed by atoms with Crippen molar-refractivity contribution < 1.29 is 23.7 Å². The zero-order valence-electron chi connectivity index (χ0n) is 14.1. The average Bonchev–Trinajstić information content (AvgIpc) is 2.60. The molecule has 0 saturated heterocycles. The van der Waals surface area contributed by atoms with Gasteiger partial charge in [-0.2, -0.15) is 0 Å². The minimum atomic E-state index is -0.426. The van der Waals surface area contributed by atoms with E-state index in [0.29, 0.717) is 38.4 Å². The van der Waals surface area contributed by atoms with Gasteiger partial charge in [0.2, 0.25) is 5.75 Å². The monoisotopic (exact) mass is 384 g/mol. The minimum Gasteiger partial charge on any atom is -0.493 e. The molecule has 0 aliphatic carbocycles. The van der Waals surface area contributed by atoms with E-state index in [9.17, 15) is 4.79 Å². The average molecular weight is 385 g/mol. The quantitative estimate of drug-likeness (QED) is 0.665. The molecule has 0 atom stereocenters. The van der Waals surface area contributed by atoms with E-state index >= 15 is 0 Å². The lowest BCUT2D eigenvalue weighted by atomic mass is 10.1. The van der Waals surface area contributed by atoms with Crippen LogP contribution in [0, 0.1) is 0 Å². The molecule has 0 aromatic heterocycles. The van der Waals surface area contributed by atoms with E-state index < -0.39 is 5.97 Å². The summed E-state index contributed by atoms with van der Waals surface area (Å²) in [5.41, 5.74) is 1.24. The maximum Gasteiger partial charge on any atom is 0.310 e. The fourth-order valence-corrected chi connectivity index (χ4v) is 2.78. The summed E-state index contributed by atoms with van der Waals surface area (Å²) >= 11 is 12.1. The van der Waals surface area contributed by atoms with Crippen LogP contribution in [-0.4, -0.2) is 27.3 Å². The number of hydrogen-bond acceptors (Lipinski definition) is 5. The van der Waals surface area contributed by atoms with Gasteiger partial charge in [-0.1, -0.05) is 29.3 Å². The molecule has 2 aromatic rings. The van der Waals surface area contributed by atoms with E-state index in [2.05, 4.69) is 0 Å². The summed E-state index contributed by atoms with van der Waals surface area (Å²) in [5, 5.41) is 0.904. The van der Waals surface area contributed by atoms with Crippen LogP contribution >= 0.6 is 23.2 Å². The number of carbonyl (C=O) groups excluding carboxylic acids is 1. The summed E-state index contributed by atoms with van der Waals surface area (Å²) in [7, 11) is 4.54. The predicted molar refractivity (Wildman–Crippen MR) is 96.1 cm³/mol. The molecule has 0 aliphatic rings. The smallest absolute Gasteiger partial charge is 0.310 e. The topological polar surface area (TPSA) is 54.0 Å². The molecule has 0 heterocycles. The molecule has 134 valence electrons. The molecule has 0 fully saturated rings. The lowest BCUT2D eigenvalue weighted by Crippen LogP contribution is -2.09. The van der Waals surface area contributed by atoms with E-state index in [4.69, 9.17) is 42.1 Å². The van der Waals surface area contributed by atoms with Gasteiger partial charge in [-0.25, -0.2) is 0 Å². The third-order valence-corrected chi connectivity index (χ3v) is 4.22. The molecule has 0 radical (unpaired) electrons. The highest BCUT2D eigenvalue weighted by molar-refractivity contribution is 6.35. The number of ether oxygens (including phenoxy) is 4. The van der Waals surface area contributed by atoms with Gasteiger partial charge in [0.25, 0.3) is 0 Å². The van der Waals surface area contributed by atoms with Crippen LogP contribution in [0.1, 0.15) is 11.1 Å². The Morgan fingerprint density at radius 1 is 0.960 bits per heavy atom. The van der Waals surface area contributed by atoms with Gasteiger partial charge in [-0.3, -0.25) is 4.79 Å². The van der Waals surface area contributed by atoms with Crippen LogP contribution in [0.5, 0.6) is 17.2 Å². The van der Waals surface area contributed by atoms with E-state index in [1.165, 1.54) is 21.3 Å². The molecule has 7 heteroatoms. The number of halogens is 2. The van der Waals surface area contributed by atoms with E-state index in [1.807, 2.05) is 0 Å². The maximum atomic E-state index is 12.1. The number of rotatable bonds is 7. The number of hydrogen-bond donors (Lipinski definition) is 0. The Morgan fingerprint density at radius 3 is 2.00 bits per heavy atom. The van der Waals surface area contributed by atoms with Crippen molar-refractivity contribution in [2.24, 2.45) is 0 Å². The van der Waals surface area contributed by atoms with Gasteiger partial charge in [-0.15, -0.1) is 0 Å². The Bertz CT molecular complexity index is 716. The Hall–Kier alpha value is -2.11. The molecule has 0 amide bonds. The van der Waals surface area contributed by atoms with Gasteiger partial charge in [0.1, 0.15) is 6.61 Å². The fourth-order valence-electron chi connectivity index (χ4n) is 2.28. The van der Waals surface area contributed by atoms with Crippen LogP contribution in [0.15, 0.2) is 30.3 Å². The van der Waals surface area contributed by atoms with Gasteiger partial charge >= 0.3 is 5.97 Å². The summed E-state index contributed by atoms with van der Waals surface area (Å²) in [6.45, 7) is 0.00175. The molecule has 0 spiro atoms. The van der Waals surface area contributed by atoms with Gasteiger partial charge in [0.05, 0.1) is 27.8 Å². The SMILES string of the molecule is COc1cc(CC(=O)OCc2c(Cl)cccc2Cl)cc(OC)c1OC. The lowest BCUT2D eigenvalue weighted by molar-refractivity contribution is -0.144. The van der Waals surface area contributed by atoms with Crippen molar-refractivity contribution in [2.75, 3.05) is 21.3 Å². The molecule has 0 saturated carbocycles. The Labute approximate surface area is 156 Å². The van der Waals surface area contributed by atoms with Crippen molar-refractivity contribution in [3.63, 3.8) is 0 Å². The minimum absolute atomic E-state index is 0.00175. The fraction of sp³-hybridized carbons (Fsp3) is 0.278. The molecular formula is C18H18Cl2O5. The summed E-state index contributed by atoms with van der Waals surface area (Å²) in [4.78, 5) is 12.1. The van der Waals surface area contributed by atoms with E-state index in [1.54, 1.807) is 30.3 Å². The predicted octanol–water partition coefficient (Wildman–Crippen LogP) is 4.31. The molecular weight excluding hydrogens is 367 g/mol. The van der Waals surface area contributed by atoms with Crippen LogP contribution in [0.4, 0.5) is 0 Å². The van der Waals surface area contributed by atoms with Crippen molar-refractivity contribution in [3.8, 4) is 17.2 Å². The first-order valence-electron chi connectivity index (χ1n) is 7.37. The maximum absolute atomic E-state index is 12.1. The number of benzene rings is 2. The van der Waals surface area contributed by atoms with Gasteiger partial charge in [0, 0.05) is 15.6 Å². The Morgan fingerprint density at radius 2 is 1.52 bits per heavy atom. The van der Waals surface area contributed by atoms with E-state index in [-0.39, 0.29) is 13.0 Å². The van der Waals surface area contributed by atoms with Gasteiger partial charge < -0.3 is 18.9 Å². The number of methoxy groups -OCH3 is 3. The summed E-state index contributed by atoms with van der Waals surface area (Å²) < 4.78 is 21.1. The molecule has 0 bridgehead atoms. The summed E-state index contributed by atoms with van der Waals surface area (Å²) in [6.07, 6.45) is 0.0405. The standard InChI is InChI=1S/C18H18Cl2O5/c1-22-15-7-11(8-16(23-2)18(15)24-3)9-17(21)25-10-12-13(19)5-4-6-14(12)20/h4-8H,9-10H2,1-3H3. The molecule has 0 N–H and O–H groups in total. The van der Waals surface area contributed by atoms with Crippen molar-refractivity contribution in [1.82, 2.24) is 0 Å². The highest BCUT2D eigenvalue weighted by Gasteiger charge is 2.16. The zero-order chi connectivity index (χ0) is 18.4. The first kappa shape index (κ1) is 19.2. The highest BCUT2D eigenvalue weighted by Crippen LogP contribution is 2.38. The molecule has 2 rings (SSSR count). The van der Waals surface area contributed by atoms with Gasteiger partial charge in [0.15, 0.2) is 11.5 Å². The van der Waals surface area contributed by atoms with Crippen LogP contribution in [-0.2, 0) is 22.6 Å². The number of carbonyl (C=O) groups is 1. The Kier molecular flexibility index (Phi) is 6.79. The van der Waals surface area contributed by atoms with Gasteiger partial charge in [-0.05, 0) is 29.8 Å². The lowest BCUT2D eigenvalue weighted by Gasteiger charge is -2.14.